The first-order chi connectivity index (χ1) is 4.56. The molecule has 0 fully saturated rings. The molecule has 1 heteroatoms. The molecule has 1 radical (unpaired) electrons. The van der Waals surface area contributed by atoms with Crippen molar-refractivity contribution in [1.29, 1.82) is 0 Å². The van der Waals surface area contributed by atoms with Gasteiger partial charge in [0.25, 0.3) is 0 Å². The van der Waals surface area contributed by atoms with Gasteiger partial charge in [-0.15, -0.1) is 0 Å². The Hall–Kier alpha value is -0.0400. The fourth-order valence-corrected chi connectivity index (χ4v) is 0.596. The van der Waals surface area contributed by atoms with E-state index in [1.807, 2.05) is 6.61 Å². The first-order valence-electron chi connectivity index (χ1n) is 4.06. The van der Waals surface area contributed by atoms with Crippen LogP contribution in [0.1, 0.15) is 47.0 Å². The first-order valence-corrected chi connectivity index (χ1v) is 4.06. The van der Waals surface area contributed by atoms with Crippen molar-refractivity contribution in [2.24, 2.45) is 0 Å². The summed E-state index contributed by atoms with van der Waals surface area (Å²) in [6.07, 6.45) is 3.55. The molecule has 0 aromatic carbocycles. The smallest absolute Gasteiger partial charge is 0.0844 e. The lowest BCUT2D eigenvalue weighted by Gasteiger charge is -2.18. The van der Waals surface area contributed by atoms with Crippen LogP contribution in [0.4, 0.5) is 0 Å². The summed E-state index contributed by atoms with van der Waals surface area (Å²) >= 11 is 0. The predicted molar refractivity (Wildman–Crippen MR) is 44.7 cm³/mol. The van der Waals surface area contributed by atoms with Gasteiger partial charge in [-0.05, 0) is 27.2 Å². The SMILES string of the molecule is CCCC[CH]OC(C)(C)C. The van der Waals surface area contributed by atoms with E-state index in [2.05, 4.69) is 27.7 Å². The second-order valence-corrected chi connectivity index (χ2v) is 3.54. The molecule has 0 aromatic heterocycles. The van der Waals surface area contributed by atoms with Crippen LogP contribution in [0.5, 0.6) is 0 Å². The normalized spacial score (nSPS) is 12.0. The van der Waals surface area contributed by atoms with Crippen molar-refractivity contribution in [2.45, 2.75) is 52.6 Å². The van der Waals surface area contributed by atoms with Gasteiger partial charge in [-0.3, -0.25) is 0 Å². The molecule has 0 aliphatic carbocycles. The van der Waals surface area contributed by atoms with Crippen molar-refractivity contribution in [1.82, 2.24) is 0 Å². The highest BCUT2D eigenvalue weighted by molar-refractivity contribution is 4.63. The quantitative estimate of drug-likeness (QED) is 0.549. The predicted octanol–water partition coefficient (Wildman–Crippen LogP) is 3.15. The van der Waals surface area contributed by atoms with Gasteiger partial charge in [0, 0.05) is 0 Å². The average Bonchev–Trinajstić information content (AvgIpc) is 1.78. The molecule has 0 aliphatic heterocycles. The largest absolute Gasteiger partial charge is 0.370 e. The minimum atomic E-state index is -0.00621. The Morgan fingerprint density at radius 3 is 2.30 bits per heavy atom. The van der Waals surface area contributed by atoms with Gasteiger partial charge in [0.2, 0.25) is 0 Å². The molecule has 0 bridgehead atoms. The molecule has 0 aliphatic rings. The standard InChI is InChI=1S/C9H19O/c1-5-6-7-8-10-9(2,3)4/h8H,5-7H2,1-4H3. The molecule has 1 nitrogen and oxygen atoms in total. The van der Waals surface area contributed by atoms with Crippen molar-refractivity contribution in [3.05, 3.63) is 6.61 Å². The van der Waals surface area contributed by atoms with Gasteiger partial charge in [0.15, 0.2) is 0 Å². The van der Waals surface area contributed by atoms with Crippen molar-refractivity contribution >= 4 is 0 Å². The van der Waals surface area contributed by atoms with Crippen LogP contribution >= 0.6 is 0 Å². The summed E-state index contributed by atoms with van der Waals surface area (Å²) in [4.78, 5) is 0. The summed E-state index contributed by atoms with van der Waals surface area (Å²) in [7, 11) is 0. The summed E-state index contributed by atoms with van der Waals surface area (Å²) in [5.74, 6) is 0. The topological polar surface area (TPSA) is 9.23 Å². The molecular weight excluding hydrogens is 124 g/mol. The van der Waals surface area contributed by atoms with Crippen molar-refractivity contribution < 1.29 is 4.74 Å². The first kappa shape index (κ1) is 9.96. The van der Waals surface area contributed by atoms with Crippen molar-refractivity contribution in [2.75, 3.05) is 0 Å². The highest BCUT2D eigenvalue weighted by Crippen LogP contribution is 2.10. The van der Waals surface area contributed by atoms with E-state index in [9.17, 15) is 0 Å². The molecule has 0 unspecified atom stereocenters. The fraction of sp³-hybridized carbons (Fsp3) is 0.889. The number of hydrogen-bond acceptors (Lipinski definition) is 1. The molecule has 0 amide bonds. The van der Waals surface area contributed by atoms with E-state index >= 15 is 0 Å². The highest BCUT2D eigenvalue weighted by atomic mass is 16.5. The lowest BCUT2D eigenvalue weighted by atomic mass is 10.2. The van der Waals surface area contributed by atoms with Crippen LogP contribution in [0.25, 0.3) is 0 Å². The Labute approximate surface area is 64.8 Å². The van der Waals surface area contributed by atoms with Crippen molar-refractivity contribution in [3.63, 3.8) is 0 Å². The van der Waals surface area contributed by atoms with Gasteiger partial charge in [0.1, 0.15) is 0 Å². The highest BCUT2D eigenvalue weighted by Gasteiger charge is 2.08. The maximum Gasteiger partial charge on any atom is 0.0844 e. The van der Waals surface area contributed by atoms with E-state index in [4.69, 9.17) is 4.74 Å². The van der Waals surface area contributed by atoms with Crippen molar-refractivity contribution in [3.8, 4) is 0 Å². The molecular formula is C9H19O. The van der Waals surface area contributed by atoms with Crippen LogP contribution in [-0.2, 0) is 4.74 Å². The van der Waals surface area contributed by atoms with E-state index in [-0.39, 0.29) is 5.60 Å². The van der Waals surface area contributed by atoms with Crippen LogP contribution in [-0.4, -0.2) is 5.60 Å². The average molecular weight is 143 g/mol. The lowest BCUT2D eigenvalue weighted by Crippen LogP contribution is -2.17. The minimum Gasteiger partial charge on any atom is -0.370 e. The summed E-state index contributed by atoms with van der Waals surface area (Å²) < 4.78 is 5.41. The fourth-order valence-electron chi connectivity index (χ4n) is 0.596. The molecule has 0 rings (SSSR count). The third-order valence-corrected chi connectivity index (χ3v) is 1.11. The second kappa shape index (κ2) is 4.73. The molecule has 0 N–H and O–H groups in total. The van der Waals surface area contributed by atoms with Crippen LogP contribution in [0, 0.1) is 6.61 Å². The van der Waals surface area contributed by atoms with Gasteiger partial charge in [-0.1, -0.05) is 19.8 Å². The van der Waals surface area contributed by atoms with Gasteiger partial charge in [0.05, 0.1) is 12.2 Å². The zero-order chi connectivity index (χ0) is 8.04. The molecule has 0 saturated heterocycles. The molecule has 0 aromatic rings. The van der Waals surface area contributed by atoms with E-state index in [1.54, 1.807) is 0 Å². The summed E-state index contributed by atoms with van der Waals surface area (Å²) in [6.45, 7) is 10.3. The molecule has 0 heterocycles. The Balaban J connectivity index is 3.04. The number of unbranched alkanes of at least 4 members (excludes halogenated alkanes) is 2. The second-order valence-electron chi connectivity index (χ2n) is 3.54. The van der Waals surface area contributed by atoms with E-state index in [0.717, 1.165) is 6.42 Å². The Morgan fingerprint density at radius 2 is 1.90 bits per heavy atom. The zero-order valence-electron chi connectivity index (χ0n) is 7.61. The lowest BCUT2D eigenvalue weighted by molar-refractivity contribution is 0.0384. The Kier molecular flexibility index (Phi) is 4.71. The summed E-state index contributed by atoms with van der Waals surface area (Å²) in [6, 6.07) is 0. The van der Waals surface area contributed by atoms with Crippen LogP contribution in [0.15, 0.2) is 0 Å². The van der Waals surface area contributed by atoms with Crippen LogP contribution in [0.3, 0.4) is 0 Å². The van der Waals surface area contributed by atoms with Gasteiger partial charge < -0.3 is 4.74 Å². The van der Waals surface area contributed by atoms with E-state index in [1.165, 1.54) is 12.8 Å². The number of hydrogen-bond donors (Lipinski definition) is 0. The van der Waals surface area contributed by atoms with Gasteiger partial charge in [-0.25, -0.2) is 0 Å². The Morgan fingerprint density at radius 1 is 1.30 bits per heavy atom. The van der Waals surface area contributed by atoms with Crippen LogP contribution < -0.4 is 0 Å². The maximum atomic E-state index is 5.41. The number of rotatable bonds is 4. The molecule has 0 saturated carbocycles. The molecule has 10 heavy (non-hydrogen) atoms. The molecule has 0 spiro atoms. The molecule has 0 atom stereocenters. The summed E-state index contributed by atoms with van der Waals surface area (Å²) in [5.41, 5.74) is -0.00621. The third-order valence-electron chi connectivity index (χ3n) is 1.11. The third kappa shape index (κ3) is 7.96. The maximum absolute atomic E-state index is 5.41. The molecule has 61 valence electrons. The Bertz CT molecular complexity index is 71.3. The van der Waals surface area contributed by atoms with Gasteiger partial charge >= 0.3 is 0 Å². The van der Waals surface area contributed by atoms with Gasteiger partial charge in [-0.2, -0.15) is 0 Å². The van der Waals surface area contributed by atoms with Crippen LogP contribution in [0.2, 0.25) is 0 Å². The monoisotopic (exact) mass is 143 g/mol. The summed E-state index contributed by atoms with van der Waals surface area (Å²) in [5, 5.41) is 0. The number of ether oxygens (including phenoxy) is 1. The van der Waals surface area contributed by atoms with E-state index < -0.39 is 0 Å². The van der Waals surface area contributed by atoms with E-state index in [0.29, 0.717) is 0 Å². The minimum absolute atomic E-state index is 0.00621. The zero-order valence-corrected chi connectivity index (χ0v) is 7.61.